The smallest absolute Gasteiger partial charge is 0.178 e. The fraction of sp³-hybridized carbons (Fsp3) is 0.625. The molecule has 66 valence electrons. The highest BCUT2D eigenvalue weighted by Gasteiger charge is 2.20. The Hall–Kier alpha value is 0.170. The SMILES string of the molecule is Brc1cnc(Br)n1C1CCCC1. The maximum absolute atomic E-state index is 4.19. The summed E-state index contributed by atoms with van der Waals surface area (Å²) >= 11 is 6.95. The molecule has 4 heteroatoms. The molecule has 1 aliphatic carbocycles. The molecule has 2 nitrogen and oxygen atoms in total. The first-order valence-electron chi connectivity index (χ1n) is 4.17. The average molecular weight is 294 g/mol. The number of nitrogens with zero attached hydrogens (tertiary/aromatic N) is 2. The Bertz CT molecular complexity index is 257. The maximum Gasteiger partial charge on any atom is 0.178 e. The van der Waals surface area contributed by atoms with Gasteiger partial charge in [-0.25, -0.2) is 4.98 Å². The van der Waals surface area contributed by atoms with E-state index in [0.717, 1.165) is 9.34 Å². The number of hydrogen-bond acceptors (Lipinski definition) is 1. The number of imidazole rings is 1. The summed E-state index contributed by atoms with van der Waals surface area (Å²) in [4.78, 5) is 4.19. The molecule has 1 fully saturated rings. The minimum atomic E-state index is 0.649. The van der Waals surface area contributed by atoms with Crippen LogP contribution in [0.25, 0.3) is 0 Å². The summed E-state index contributed by atoms with van der Waals surface area (Å²) in [5.74, 6) is 0. The van der Waals surface area contributed by atoms with Gasteiger partial charge in [-0.05, 0) is 44.7 Å². The predicted molar refractivity (Wildman–Crippen MR) is 55.1 cm³/mol. The van der Waals surface area contributed by atoms with Gasteiger partial charge in [0.25, 0.3) is 0 Å². The van der Waals surface area contributed by atoms with Crippen LogP contribution in [0.2, 0.25) is 0 Å². The lowest BCUT2D eigenvalue weighted by Crippen LogP contribution is -2.04. The number of aromatic nitrogens is 2. The van der Waals surface area contributed by atoms with Gasteiger partial charge in [0.15, 0.2) is 4.73 Å². The molecule has 0 aromatic carbocycles. The predicted octanol–water partition coefficient (Wildman–Crippen LogP) is 3.52. The Labute approximate surface area is 88.6 Å². The Morgan fingerprint density at radius 3 is 2.50 bits per heavy atom. The van der Waals surface area contributed by atoms with Gasteiger partial charge in [0.2, 0.25) is 0 Å². The van der Waals surface area contributed by atoms with E-state index in [-0.39, 0.29) is 0 Å². The zero-order valence-corrected chi connectivity index (χ0v) is 9.81. The zero-order valence-electron chi connectivity index (χ0n) is 6.63. The van der Waals surface area contributed by atoms with E-state index in [4.69, 9.17) is 0 Å². The van der Waals surface area contributed by atoms with E-state index in [2.05, 4.69) is 41.4 Å². The molecular formula is C8H10Br2N2. The maximum atomic E-state index is 4.19. The molecule has 0 atom stereocenters. The Morgan fingerprint density at radius 2 is 2.00 bits per heavy atom. The van der Waals surface area contributed by atoms with Crippen LogP contribution in [0.4, 0.5) is 0 Å². The standard InChI is InChI=1S/C8H10Br2N2/c9-7-5-11-8(10)12(7)6-3-1-2-4-6/h5-6H,1-4H2. The van der Waals surface area contributed by atoms with Crippen LogP contribution in [0.15, 0.2) is 15.5 Å². The largest absolute Gasteiger partial charge is 0.310 e. The number of hydrogen-bond donors (Lipinski definition) is 0. The lowest BCUT2D eigenvalue weighted by atomic mass is 10.2. The highest BCUT2D eigenvalue weighted by atomic mass is 79.9. The third-order valence-electron chi connectivity index (χ3n) is 2.40. The Kier molecular flexibility index (Phi) is 2.55. The van der Waals surface area contributed by atoms with Gasteiger partial charge in [-0.3, -0.25) is 0 Å². The molecule has 0 unspecified atom stereocenters. The van der Waals surface area contributed by atoms with Crippen molar-refractivity contribution in [1.82, 2.24) is 9.55 Å². The van der Waals surface area contributed by atoms with Crippen molar-refractivity contribution in [3.8, 4) is 0 Å². The number of halogens is 2. The van der Waals surface area contributed by atoms with Crippen molar-refractivity contribution in [2.24, 2.45) is 0 Å². The van der Waals surface area contributed by atoms with Crippen LogP contribution in [0, 0.1) is 0 Å². The van der Waals surface area contributed by atoms with Gasteiger partial charge in [0, 0.05) is 6.04 Å². The molecule has 1 aromatic heterocycles. The van der Waals surface area contributed by atoms with Gasteiger partial charge >= 0.3 is 0 Å². The molecule has 1 saturated carbocycles. The van der Waals surface area contributed by atoms with Crippen molar-refractivity contribution in [2.75, 3.05) is 0 Å². The van der Waals surface area contributed by atoms with Crippen LogP contribution in [-0.2, 0) is 0 Å². The first kappa shape index (κ1) is 8.75. The van der Waals surface area contributed by atoms with E-state index in [0.29, 0.717) is 6.04 Å². The van der Waals surface area contributed by atoms with Crippen molar-refractivity contribution in [3.05, 3.63) is 15.5 Å². The summed E-state index contributed by atoms with van der Waals surface area (Å²) in [5, 5.41) is 0. The molecule has 2 rings (SSSR count). The average Bonchev–Trinajstić information content (AvgIpc) is 2.61. The monoisotopic (exact) mass is 292 g/mol. The molecule has 1 aromatic rings. The third kappa shape index (κ3) is 1.46. The molecular weight excluding hydrogens is 284 g/mol. The topological polar surface area (TPSA) is 17.8 Å². The van der Waals surface area contributed by atoms with Crippen molar-refractivity contribution >= 4 is 31.9 Å². The molecule has 0 bridgehead atoms. The summed E-state index contributed by atoms with van der Waals surface area (Å²) in [5.41, 5.74) is 0. The van der Waals surface area contributed by atoms with E-state index >= 15 is 0 Å². The molecule has 0 spiro atoms. The molecule has 0 N–H and O–H groups in total. The van der Waals surface area contributed by atoms with Crippen LogP contribution in [0.5, 0.6) is 0 Å². The van der Waals surface area contributed by atoms with E-state index in [1.54, 1.807) is 0 Å². The van der Waals surface area contributed by atoms with Gasteiger partial charge in [-0.2, -0.15) is 0 Å². The molecule has 1 heterocycles. The number of rotatable bonds is 1. The van der Waals surface area contributed by atoms with Crippen LogP contribution < -0.4 is 0 Å². The minimum Gasteiger partial charge on any atom is -0.310 e. The Balaban J connectivity index is 2.30. The zero-order chi connectivity index (χ0) is 8.55. The Morgan fingerprint density at radius 1 is 1.33 bits per heavy atom. The molecule has 0 aliphatic heterocycles. The lowest BCUT2D eigenvalue weighted by molar-refractivity contribution is 0.500. The van der Waals surface area contributed by atoms with E-state index < -0.39 is 0 Å². The highest BCUT2D eigenvalue weighted by molar-refractivity contribution is 9.11. The lowest BCUT2D eigenvalue weighted by Gasteiger charge is -2.13. The normalized spacial score (nSPS) is 18.8. The van der Waals surface area contributed by atoms with Crippen LogP contribution >= 0.6 is 31.9 Å². The van der Waals surface area contributed by atoms with Crippen LogP contribution in [-0.4, -0.2) is 9.55 Å². The second-order valence-electron chi connectivity index (χ2n) is 3.16. The summed E-state index contributed by atoms with van der Waals surface area (Å²) in [6, 6.07) is 0.649. The fourth-order valence-corrected chi connectivity index (χ4v) is 3.19. The molecule has 0 amide bonds. The van der Waals surface area contributed by atoms with E-state index in [1.165, 1.54) is 25.7 Å². The van der Waals surface area contributed by atoms with Crippen molar-refractivity contribution in [2.45, 2.75) is 31.7 Å². The fourth-order valence-electron chi connectivity index (χ4n) is 1.81. The van der Waals surface area contributed by atoms with E-state index in [9.17, 15) is 0 Å². The van der Waals surface area contributed by atoms with E-state index in [1.807, 2.05) is 6.20 Å². The van der Waals surface area contributed by atoms with Crippen LogP contribution in [0.3, 0.4) is 0 Å². The minimum absolute atomic E-state index is 0.649. The summed E-state index contributed by atoms with van der Waals surface area (Å²) < 4.78 is 4.26. The third-order valence-corrected chi connectivity index (χ3v) is 3.57. The molecule has 12 heavy (non-hydrogen) atoms. The second kappa shape index (κ2) is 3.50. The summed E-state index contributed by atoms with van der Waals surface area (Å²) in [7, 11) is 0. The summed E-state index contributed by atoms with van der Waals surface area (Å²) in [6.07, 6.45) is 7.12. The van der Waals surface area contributed by atoms with Gasteiger partial charge < -0.3 is 4.57 Å². The second-order valence-corrected chi connectivity index (χ2v) is 4.68. The van der Waals surface area contributed by atoms with Gasteiger partial charge in [0.1, 0.15) is 4.60 Å². The molecule has 1 aliphatic rings. The van der Waals surface area contributed by atoms with Gasteiger partial charge in [-0.1, -0.05) is 12.8 Å². The van der Waals surface area contributed by atoms with Crippen molar-refractivity contribution < 1.29 is 0 Å². The molecule has 0 radical (unpaired) electrons. The molecule has 0 saturated heterocycles. The van der Waals surface area contributed by atoms with Crippen molar-refractivity contribution in [1.29, 1.82) is 0 Å². The van der Waals surface area contributed by atoms with Gasteiger partial charge in [-0.15, -0.1) is 0 Å². The first-order valence-corrected chi connectivity index (χ1v) is 5.76. The summed E-state index contributed by atoms with van der Waals surface area (Å²) in [6.45, 7) is 0. The van der Waals surface area contributed by atoms with Crippen molar-refractivity contribution in [3.63, 3.8) is 0 Å². The first-order chi connectivity index (χ1) is 5.79. The van der Waals surface area contributed by atoms with Crippen LogP contribution in [0.1, 0.15) is 31.7 Å². The quantitative estimate of drug-likeness (QED) is 0.775. The van der Waals surface area contributed by atoms with Gasteiger partial charge in [0.05, 0.1) is 6.20 Å². The highest BCUT2D eigenvalue weighted by Crippen LogP contribution is 2.34.